The predicted molar refractivity (Wildman–Crippen MR) is 80.9 cm³/mol. The van der Waals surface area contributed by atoms with Gasteiger partial charge in [0.05, 0.1) is 23.6 Å². The van der Waals surface area contributed by atoms with Gasteiger partial charge in [-0.25, -0.2) is 4.98 Å². The van der Waals surface area contributed by atoms with Gasteiger partial charge in [0.1, 0.15) is 5.82 Å². The van der Waals surface area contributed by atoms with Gasteiger partial charge in [0.2, 0.25) is 5.95 Å². The van der Waals surface area contributed by atoms with Gasteiger partial charge in [-0.05, 0) is 25.8 Å². The highest BCUT2D eigenvalue weighted by Crippen LogP contribution is 2.26. The molecule has 112 valence electrons. The largest absolute Gasteiger partial charge is 0.381 e. The monoisotopic (exact) mass is 288 g/mol. The van der Waals surface area contributed by atoms with Crippen LogP contribution in [0.2, 0.25) is 0 Å². The van der Waals surface area contributed by atoms with Crippen LogP contribution in [0, 0.1) is 6.92 Å². The van der Waals surface area contributed by atoms with E-state index in [9.17, 15) is 0 Å². The Hall–Kier alpha value is -2.15. The molecule has 0 saturated carbocycles. The second kappa shape index (κ2) is 6.09. The van der Waals surface area contributed by atoms with Crippen LogP contribution in [0.5, 0.6) is 0 Å². The van der Waals surface area contributed by atoms with Gasteiger partial charge in [-0.15, -0.1) is 0 Å². The average Bonchev–Trinajstić information content (AvgIpc) is 2.89. The van der Waals surface area contributed by atoms with Crippen LogP contribution >= 0.6 is 0 Å². The van der Waals surface area contributed by atoms with Crippen LogP contribution in [-0.4, -0.2) is 40.0 Å². The lowest BCUT2D eigenvalue weighted by Crippen LogP contribution is -2.21. The zero-order valence-electron chi connectivity index (χ0n) is 12.3. The Bertz CT molecular complexity index is 605. The molecule has 7 heteroatoms. The normalized spacial score (nSPS) is 15.9. The summed E-state index contributed by atoms with van der Waals surface area (Å²) in [6, 6.07) is 2.24. The molecule has 21 heavy (non-hydrogen) atoms. The number of anilines is 3. The molecular formula is C14H20N6O. The molecule has 2 aromatic rings. The van der Waals surface area contributed by atoms with Gasteiger partial charge in [0.25, 0.3) is 0 Å². The van der Waals surface area contributed by atoms with Gasteiger partial charge in [0.15, 0.2) is 0 Å². The summed E-state index contributed by atoms with van der Waals surface area (Å²) in [5.74, 6) is 1.35. The van der Waals surface area contributed by atoms with E-state index in [1.165, 1.54) is 0 Å². The van der Waals surface area contributed by atoms with Gasteiger partial charge >= 0.3 is 0 Å². The molecule has 1 aliphatic heterocycles. The number of nitrogens with zero attached hydrogens (tertiary/aromatic N) is 4. The summed E-state index contributed by atoms with van der Waals surface area (Å²) >= 11 is 0. The van der Waals surface area contributed by atoms with Crippen LogP contribution in [0.1, 0.15) is 24.6 Å². The lowest BCUT2D eigenvalue weighted by molar-refractivity contribution is 0.0657. The van der Waals surface area contributed by atoms with Crippen LogP contribution in [-0.2, 0) is 4.74 Å². The van der Waals surface area contributed by atoms with E-state index in [1.54, 1.807) is 6.20 Å². The molecule has 1 fully saturated rings. The van der Waals surface area contributed by atoms with Crippen LogP contribution in [0.3, 0.4) is 0 Å². The Morgan fingerprint density at radius 2 is 2.14 bits per heavy atom. The third-order valence-corrected chi connectivity index (χ3v) is 3.74. The zero-order valence-corrected chi connectivity index (χ0v) is 12.3. The van der Waals surface area contributed by atoms with Crippen LogP contribution in [0.4, 0.5) is 17.5 Å². The second-order valence-corrected chi connectivity index (χ2v) is 5.07. The topological polar surface area (TPSA) is 76.9 Å². The van der Waals surface area contributed by atoms with E-state index in [0.717, 1.165) is 43.3 Å². The maximum atomic E-state index is 5.41. The summed E-state index contributed by atoms with van der Waals surface area (Å²) in [7, 11) is 1.83. The predicted octanol–water partition coefficient (Wildman–Crippen LogP) is 2.12. The van der Waals surface area contributed by atoms with Crippen LogP contribution < -0.4 is 10.6 Å². The SMILES string of the molecule is CNc1ccnc(Nc2cnn(C3CCOCC3)c2C)n1. The minimum Gasteiger partial charge on any atom is -0.381 e. The van der Waals surface area contributed by atoms with E-state index < -0.39 is 0 Å². The molecule has 0 aliphatic carbocycles. The summed E-state index contributed by atoms with van der Waals surface area (Å²) in [4.78, 5) is 8.59. The molecule has 0 unspecified atom stereocenters. The van der Waals surface area contributed by atoms with Crippen molar-refractivity contribution >= 4 is 17.5 Å². The third kappa shape index (κ3) is 2.97. The first kappa shape index (κ1) is 13.8. The average molecular weight is 288 g/mol. The van der Waals surface area contributed by atoms with Crippen molar-refractivity contribution in [3.05, 3.63) is 24.2 Å². The van der Waals surface area contributed by atoms with Crippen LogP contribution in [0.15, 0.2) is 18.5 Å². The number of aromatic nitrogens is 4. The molecule has 3 rings (SSSR count). The van der Waals surface area contributed by atoms with E-state index in [1.807, 2.05) is 19.3 Å². The van der Waals surface area contributed by atoms with Crippen molar-refractivity contribution in [3.63, 3.8) is 0 Å². The van der Waals surface area contributed by atoms with E-state index in [2.05, 4.69) is 37.3 Å². The molecule has 0 atom stereocenters. The van der Waals surface area contributed by atoms with Crippen molar-refractivity contribution in [2.75, 3.05) is 30.9 Å². The van der Waals surface area contributed by atoms with Gasteiger partial charge in [-0.2, -0.15) is 10.1 Å². The zero-order chi connectivity index (χ0) is 14.7. The molecule has 3 heterocycles. The van der Waals surface area contributed by atoms with Crippen molar-refractivity contribution in [2.45, 2.75) is 25.8 Å². The number of hydrogen-bond acceptors (Lipinski definition) is 6. The highest BCUT2D eigenvalue weighted by molar-refractivity contribution is 5.56. The molecule has 0 bridgehead atoms. The molecule has 2 N–H and O–H groups in total. The highest BCUT2D eigenvalue weighted by atomic mass is 16.5. The van der Waals surface area contributed by atoms with E-state index in [-0.39, 0.29) is 0 Å². The first-order chi connectivity index (χ1) is 10.3. The Morgan fingerprint density at radius 1 is 1.33 bits per heavy atom. The molecule has 7 nitrogen and oxygen atoms in total. The molecular weight excluding hydrogens is 268 g/mol. The number of hydrogen-bond donors (Lipinski definition) is 2. The molecule has 0 radical (unpaired) electrons. The molecule has 0 aromatic carbocycles. The standard InChI is InChI=1S/C14H20N6O/c1-10-12(18-14-16-6-3-13(15-2)19-14)9-17-20(10)11-4-7-21-8-5-11/h3,6,9,11H,4-5,7-8H2,1-2H3,(H2,15,16,18,19). The van der Waals surface area contributed by atoms with Gasteiger partial charge in [0, 0.05) is 26.5 Å². The first-order valence-electron chi connectivity index (χ1n) is 7.17. The highest BCUT2D eigenvalue weighted by Gasteiger charge is 2.19. The Kier molecular flexibility index (Phi) is 4.01. The molecule has 2 aromatic heterocycles. The number of nitrogens with one attached hydrogen (secondary N) is 2. The Labute approximate surface area is 123 Å². The second-order valence-electron chi connectivity index (χ2n) is 5.07. The maximum absolute atomic E-state index is 5.41. The summed E-state index contributed by atoms with van der Waals surface area (Å²) in [5, 5.41) is 10.7. The fraction of sp³-hybridized carbons (Fsp3) is 0.500. The molecule has 0 amide bonds. The van der Waals surface area contributed by atoms with Crippen molar-refractivity contribution in [2.24, 2.45) is 0 Å². The fourth-order valence-corrected chi connectivity index (χ4v) is 2.52. The van der Waals surface area contributed by atoms with Crippen molar-refractivity contribution in [1.29, 1.82) is 0 Å². The minimum atomic E-state index is 0.416. The summed E-state index contributed by atoms with van der Waals surface area (Å²) in [6.45, 7) is 3.67. The van der Waals surface area contributed by atoms with Crippen molar-refractivity contribution in [1.82, 2.24) is 19.7 Å². The minimum absolute atomic E-state index is 0.416. The van der Waals surface area contributed by atoms with E-state index >= 15 is 0 Å². The molecule has 1 saturated heterocycles. The fourth-order valence-electron chi connectivity index (χ4n) is 2.52. The van der Waals surface area contributed by atoms with Crippen molar-refractivity contribution in [3.8, 4) is 0 Å². The smallest absolute Gasteiger partial charge is 0.229 e. The quantitative estimate of drug-likeness (QED) is 0.897. The van der Waals surface area contributed by atoms with E-state index in [0.29, 0.717) is 12.0 Å². The Morgan fingerprint density at radius 3 is 2.90 bits per heavy atom. The molecule has 1 aliphatic rings. The van der Waals surface area contributed by atoms with Crippen molar-refractivity contribution < 1.29 is 4.74 Å². The van der Waals surface area contributed by atoms with Gasteiger partial charge in [-0.3, -0.25) is 4.68 Å². The summed E-state index contributed by atoms with van der Waals surface area (Å²) in [6.07, 6.45) is 5.57. The van der Waals surface area contributed by atoms with Gasteiger partial charge in [-0.1, -0.05) is 0 Å². The van der Waals surface area contributed by atoms with Gasteiger partial charge < -0.3 is 15.4 Å². The van der Waals surface area contributed by atoms with E-state index in [4.69, 9.17) is 4.74 Å². The maximum Gasteiger partial charge on any atom is 0.229 e. The molecule has 0 spiro atoms. The summed E-state index contributed by atoms with van der Waals surface area (Å²) in [5.41, 5.74) is 2.04. The first-order valence-corrected chi connectivity index (χ1v) is 7.17. The number of ether oxygens (including phenoxy) is 1. The summed E-state index contributed by atoms with van der Waals surface area (Å²) < 4.78 is 7.48. The lowest BCUT2D eigenvalue weighted by Gasteiger charge is -2.23. The third-order valence-electron chi connectivity index (χ3n) is 3.74. The lowest BCUT2D eigenvalue weighted by atomic mass is 10.1. The van der Waals surface area contributed by atoms with Crippen LogP contribution in [0.25, 0.3) is 0 Å². The Balaban J connectivity index is 1.78. The number of rotatable bonds is 4.